The molecule has 4 fully saturated rings. The highest BCUT2D eigenvalue weighted by Crippen LogP contribution is 2.70. The van der Waals surface area contributed by atoms with E-state index in [2.05, 4.69) is 99.3 Å². The monoisotopic (exact) mass is 726 g/mol. The van der Waals surface area contributed by atoms with Gasteiger partial charge in [0.15, 0.2) is 33.3 Å². The second-order valence-electron chi connectivity index (χ2n) is 20.5. The molecule has 12 atom stereocenters. The van der Waals surface area contributed by atoms with Crippen molar-refractivity contribution in [1.82, 2.24) is 0 Å². The van der Waals surface area contributed by atoms with E-state index in [9.17, 15) is 4.79 Å². The number of hydrogen-bond acceptors (Lipinski definition) is 6. The Labute approximate surface area is 294 Å². The van der Waals surface area contributed by atoms with Gasteiger partial charge in [-0.05, 0) is 170 Å². The molecular formula is C37H74O6Si4. The zero-order chi connectivity index (χ0) is 35.5. The van der Waals surface area contributed by atoms with E-state index in [0.717, 1.165) is 25.7 Å². The van der Waals surface area contributed by atoms with Crippen LogP contribution >= 0.6 is 0 Å². The number of esters is 1. The van der Waals surface area contributed by atoms with E-state index in [1.807, 2.05) is 0 Å². The molecule has 4 aliphatic rings. The molecule has 6 nitrogen and oxygen atoms in total. The molecule has 0 N–H and O–H groups in total. The number of methoxy groups -OCH3 is 1. The van der Waals surface area contributed by atoms with Gasteiger partial charge >= 0.3 is 5.97 Å². The molecule has 0 aromatic heterocycles. The minimum atomic E-state index is -1.85. The van der Waals surface area contributed by atoms with Crippen LogP contribution in [0.25, 0.3) is 0 Å². The second-order valence-corrected chi connectivity index (χ2v) is 38.3. The lowest BCUT2D eigenvalue weighted by atomic mass is 9.42. The largest absolute Gasteiger partial charge is 0.469 e. The van der Waals surface area contributed by atoms with Gasteiger partial charge in [0.05, 0.1) is 25.4 Å². The summed E-state index contributed by atoms with van der Waals surface area (Å²) in [6.07, 6.45) is 9.07. The third-order valence-electron chi connectivity index (χ3n) is 12.5. The average Bonchev–Trinajstić information content (AvgIpc) is 3.25. The molecule has 0 spiro atoms. The smallest absolute Gasteiger partial charge is 0.305 e. The first kappa shape index (κ1) is 40.0. The molecule has 0 aromatic carbocycles. The molecule has 0 heterocycles. The average molecular weight is 727 g/mol. The Hall–Kier alpha value is 0.178. The van der Waals surface area contributed by atoms with Crippen LogP contribution in [0.15, 0.2) is 0 Å². The van der Waals surface area contributed by atoms with Crippen molar-refractivity contribution in [1.29, 1.82) is 0 Å². The highest BCUT2D eigenvalue weighted by Gasteiger charge is 2.68. The summed E-state index contributed by atoms with van der Waals surface area (Å²) in [4.78, 5) is 12.2. The molecule has 4 unspecified atom stereocenters. The Morgan fingerprint density at radius 3 is 1.79 bits per heavy atom. The van der Waals surface area contributed by atoms with E-state index in [1.54, 1.807) is 0 Å². The van der Waals surface area contributed by atoms with Crippen LogP contribution in [-0.2, 0) is 27.2 Å². The van der Waals surface area contributed by atoms with E-state index in [1.165, 1.54) is 26.4 Å². The molecule has 4 saturated carbocycles. The van der Waals surface area contributed by atoms with Crippen LogP contribution in [0.5, 0.6) is 0 Å². The predicted molar refractivity (Wildman–Crippen MR) is 205 cm³/mol. The van der Waals surface area contributed by atoms with Crippen LogP contribution in [0, 0.1) is 46.3 Å². The lowest BCUT2D eigenvalue weighted by Gasteiger charge is -2.67. The Morgan fingerprint density at radius 2 is 1.26 bits per heavy atom. The summed E-state index contributed by atoms with van der Waals surface area (Å²) in [6, 6.07) is 0. The molecule has 4 aliphatic carbocycles. The van der Waals surface area contributed by atoms with Crippen LogP contribution in [-0.4, -0.2) is 70.8 Å². The molecule has 0 saturated heterocycles. The highest BCUT2D eigenvalue weighted by molar-refractivity contribution is 6.70. The summed E-state index contributed by atoms with van der Waals surface area (Å²) in [5, 5.41) is 0. The Morgan fingerprint density at radius 1 is 0.702 bits per heavy atom. The number of ether oxygens (including phenoxy) is 1. The van der Waals surface area contributed by atoms with Gasteiger partial charge in [-0.3, -0.25) is 4.79 Å². The molecule has 0 radical (unpaired) electrons. The van der Waals surface area contributed by atoms with Gasteiger partial charge in [0.2, 0.25) is 0 Å². The second kappa shape index (κ2) is 14.0. The van der Waals surface area contributed by atoms with Crippen molar-refractivity contribution < 1.29 is 27.2 Å². The topological polar surface area (TPSA) is 63.2 Å². The molecule has 274 valence electrons. The fourth-order valence-electron chi connectivity index (χ4n) is 11.1. The van der Waals surface area contributed by atoms with E-state index in [4.69, 9.17) is 22.4 Å². The molecular weight excluding hydrogens is 653 g/mol. The van der Waals surface area contributed by atoms with Gasteiger partial charge in [0.25, 0.3) is 0 Å². The summed E-state index contributed by atoms with van der Waals surface area (Å²) in [5.74, 6) is 2.91. The van der Waals surface area contributed by atoms with Gasteiger partial charge < -0.3 is 22.4 Å². The molecule has 10 heteroatoms. The normalized spacial score (nSPS) is 40.3. The number of fused-ring (bicyclic) bond motifs is 5. The maximum Gasteiger partial charge on any atom is 0.305 e. The van der Waals surface area contributed by atoms with E-state index >= 15 is 0 Å². The lowest BCUT2D eigenvalue weighted by Crippen LogP contribution is -2.67. The maximum absolute atomic E-state index is 12.2. The minimum absolute atomic E-state index is 0.0631. The zero-order valence-corrected chi connectivity index (χ0v) is 37.4. The lowest BCUT2D eigenvalue weighted by molar-refractivity contribution is -0.219. The van der Waals surface area contributed by atoms with Crippen molar-refractivity contribution in [3.8, 4) is 0 Å². The number of carbonyl (C=O) groups excluding carboxylic acids is 1. The molecule has 0 amide bonds. The van der Waals surface area contributed by atoms with Crippen LogP contribution in [0.4, 0.5) is 0 Å². The molecule has 4 rings (SSSR count). The first-order valence-electron chi connectivity index (χ1n) is 19.1. The highest BCUT2D eigenvalue weighted by atomic mass is 28.4. The third-order valence-corrected chi connectivity index (χ3v) is 16.5. The molecule has 0 aliphatic heterocycles. The Bertz CT molecular complexity index is 1090. The van der Waals surface area contributed by atoms with Gasteiger partial charge in [0, 0.05) is 12.5 Å². The van der Waals surface area contributed by atoms with E-state index in [-0.39, 0.29) is 41.2 Å². The summed E-state index contributed by atoms with van der Waals surface area (Å²) < 4.78 is 34.2. The third kappa shape index (κ3) is 8.98. The SMILES string of the molecule is COC(=O)CCC(C)[C@H]1CCC2C3C(C[C@H](O[Si](C)(C)C)[C@@]21C)[C@@]1(C)CC[C@H](O[Si](C)(C)C)[C@H](O[Si](C)(C)C)[C@H]1C[C@H]3O[Si](C)(C)C. The first-order chi connectivity index (χ1) is 21.3. The van der Waals surface area contributed by atoms with Crippen molar-refractivity contribution in [3.63, 3.8) is 0 Å². The summed E-state index contributed by atoms with van der Waals surface area (Å²) in [7, 11) is -5.81. The predicted octanol–water partition coefficient (Wildman–Crippen LogP) is 9.94. The molecule has 0 bridgehead atoms. The quantitative estimate of drug-likeness (QED) is 0.147. The first-order valence-corrected chi connectivity index (χ1v) is 32.7. The van der Waals surface area contributed by atoms with Crippen molar-refractivity contribution >= 4 is 39.2 Å². The minimum Gasteiger partial charge on any atom is -0.469 e. The number of carbonyl (C=O) groups is 1. The number of hydrogen-bond donors (Lipinski definition) is 0. The van der Waals surface area contributed by atoms with Crippen LogP contribution in [0.1, 0.15) is 72.1 Å². The van der Waals surface area contributed by atoms with Crippen molar-refractivity contribution in [2.45, 2.75) is 175 Å². The molecule has 0 aromatic rings. The fourth-order valence-corrected chi connectivity index (χ4v) is 15.7. The summed E-state index contributed by atoms with van der Waals surface area (Å²) >= 11 is 0. The van der Waals surface area contributed by atoms with Crippen molar-refractivity contribution in [2.24, 2.45) is 46.3 Å². The van der Waals surface area contributed by atoms with Crippen LogP contribution < -0.4 is 0 Å². The van der Waals surface area contributed by atoms with Crippen molar-refractivity contribution in [2.75, 3.05) is 7.11 Å². The summed E-state index contributed by atoms with van der Waals surface area (Å²) in [5.41, 5.74) is 0.220. The van der Waals surface area contributed by atoms with Gasteiger partial charge in [-0.15, -0.1) is 0 Å². The zero-order valence-electron chi connectivity index (χ0n) is 33.4. The van der Waals surface area contributed by atoms with Gasteiger partial charge in [-0.1, -0.05) is 20.8 Å². The van der Waals surface area contributed by atoms with Gasteiger partial charge in [-0.25, -0.2) is 0 Å². The molecule has 47 heavy (non-hydrogen) atoms. The van der Waals surface area contributed by atoms with Crippen LogP contribution in [0.3, 0.4) is 0 Å². The Balaban J connectivity index is 1.81. The van der Waals surface area contributed by atoms with Gasteiger partial charge in [-0.2, -0.15) is 0 Å². The Kier molecular flexibility index (Phi) is 11.9. The van der Waals surface area contributed by atoms with Gasteiger partial charge in [0.1, 0.15) is 0 Å². The maximum atomic E-state index is 12.2. The van der Waals surface area contributed by atoms with Crippen LogP contribution in [0.2, 0.25) is 78.6 Å². The van der Waals surface area contributed by atoms with Crippen molar-refractivity contribution in [3.05, 3.63) is 0 Å². The van der Waals surface area contributed by atoms with E-state index in [0.29, 0.717) is 41.9 Å². The van der Waals surface area contributed by atoms with E-state index < -0.39 is 33.3 Å². The standard InChI is InChI=1S/C37H74O6Si4/c1-25(17-20-33(38)39-4)26-18-19-27-34-28(24-32(37(26,27)3)42-46(11,12)13)36(2)22-21-30(40-44(5,6)7)35(43-47(14,15)16)29(36)23-31(34)41-45(8,9)10/h25-32,34-35H,17-24H2,1-16H3/t25?,26-,27?,28?,29-,30+,31-,32+,34?,35-,36-,37-/m1/s1. The fraction of sp³-hybridized carbons (Fsp3) is 0.973. The summed E-state index contributed by atoms with van der Waals surface area (Å²) in [6.45, 7) is 36.0. The number of rotatable bonds is 12.